The van der Waals surface area contributed by atoms with E-state index in [0.29, 0.717) is 12.5 Å². The Hall–Kier alpha value is -1.59. The fourth-order valence-corrected chi connectivity index (χ4v) is 2.75. The molecule has 0 saturated carbocycles. The third-order valence-corrected chi connectivity index (χ3v) is 3.97. The molecule has 1 fully saturated rings. The molecule has 5 heteroatoms. The van der Waals surface area contributed by atoms with Gasteiger partial charge in [0, 0.05) is 30.5 Å². The number of benzene rings is 1. The third kappa shape index (κ3) is 2.64. The molecule has 0 aromatic heterocycles. The predicted molar refractivity (Wildman–Crippen MR) is 75.9 cm³/mol. The summed E-state index contributed by atoms with van der Waals surface area (Å²) in [6.45, 7) is 2.38. The fraction of sp³-hybridized carbons (Fsp3) is 0.533. The van der Waals surface area contributed by atoms with E-state index in [9.17, 15) is 4.79 Å². The van der Waals surface area contributed by atoms with Crippen LogP contribution in [0.15, 0.2) is 18.2 Å². The maximum Gasteiger partial charge on any atom is 0.246 e. The smallest absolute Gasteiger partial charge is 0.246 e. The number of hydrogen-bond donors (Lipinski definition) is 2. The minimum atomic E-state index is -0.255. The van der Waals surface area contributed by atoms with Gasteiger partial charge in [-0.1, -0.05) is 6.07 Å². The van der Waals surface area contributed by atoms with E-state index < -0.39 is 0 Å². The van der Waals surface area contributed by atoms with E-state index in [1.54, 1.807) is 7.05 Å². The number of hydrogen-bond acceptors (Lipinski definition) is 4. The lowest BCUT2D eigenvalue weighted by Gasteiger charge is -2.22. The van der Waals surface area contributed by atoms with Gasteiger partial charge >= 0.3 is 0 Å². The fourth-order valence-electron chi connectivity index (χ4n) is 2.75. The lowest BCUT2D eigenvalue weighted by Crippen LogP contribution is -2.23. The average molecular weight is 276 g/mol. The van der Waals surface area contributed by atoms with E-state index in [0.717, 1.165) is 43.1 Å². The second kappa shape index (κ2) is 5.81. The summed E-state index contributed by atoms with van der Waals surface area (Å²) < 4.78 is 11.2. The van der Waals surface area contributed by atoms with Gasteiger partial charge in [-0.3, -0.25) is 4.79 Å². The van der Waals surface area contributed by atoms with Crippen molar-refractivity contribution in [3.8, 4) is 5.75 Å². The first-order chi connectivity index (χ1) is 9.78. The van der Waals surface area contributed by atoms with Gasteiger partial charge in [0.25, 0.3) is 0 Å². The highest BCUT2D eigenvalue weighted by Gasteiger charge is 2.29. The van der Waals surface area contributed by atoms with Crippen LogP contribution < -0.4 is 15.4 Å². The van der Waals surface area contributed by atoms with Crippen molar-refractivity contribution < 1.29 is 14.3 Å². The van der Waals surface area contributed by atoms with E-state index in [2.05, 4.69) is 10.6 Å². The molecule has 2 heterocycles. The Morgan fingerprint density at radius 2 is 2.20 bits per heavy atom. The van der Waals surface area contributed by atoms with Gasteiger partial charge in [0.1, 0.15) is 11.8 Å². The molecular formula is C15H20N2O3. The molecule has 0 radical (unpaired) electrons. The Morgan fingerprint density at radius 1 is 1.40 bits per heavy atom. The SMILES string of the molecule is CNC1C(=O)Nc2cc(OCC3CCOCC3)ccc21. The Morgan fingerprint density at radius 3 is 2.95 bits per heavy atom. The van der Waals surface area contributed by atoms with Crippen molar-refractivity contribution in [1.82, 2.24) is 5.32 Å². The summed E-state index contributed by atoms with van der Waals surface area (Å²) in [7, 11) is 1.79. The summed E-state index contributed by atoms with van der Waals surface area (Å²) in [4.78, 5) is 11.8. The quantitative estimate of drug-likeness (QED) is 0.879. The Bertz CT molecular complexity index is 498. The largest absolute Gasteiger partial charge is 0.493 e. The van der Waals surface area contributed by atoms with Crippen molar-refractivity contribution in [1.29, 1.82) is 0 Å². The number of carbonyl (C=O) groups is 1. The van der Waals surface area contributed by atoms with Crippen LogP contribution in [0.25, 0.3) is 0 Å². The summed E-state index contributed by atoms with van der Waals surface area (Å²) in [5.74, 6) is 1.37. The molecule has 1 saturated heterocycles. The zero-order chi connectivity index (χ0) is 13.9. The lowest BCUT2D eigenvalue weighted by molar-refractivity contribution is -0.117. The summed E-state index contributed by atoms with van der Waals surface area (Å²) in [6.07, 6.45) is 2.12. The molecule has 1 atom stereocenters. The monoisotopic (exact) mass is 276 g/mol. The molecular weight excluding hydrogens is 256 g/mol. The minimum Gasteiger partial charge on any atom is -0.493 e. The highest BCUT2D eigenvalue weighted by Crippen LogP contribution is 2.33. The number of rotatable bonds is 4. The van der Waals surface area contributed by atoms with Gasteiger partial charge in [0.05, 0.1) is 6.61 Å². The molecule has 0 spiro atoms. The number of fused-ring (bicyclic) bond motifs is 1. The van der Waals surface area contributed by atoms with Crippen molar-refractivity contribution in [2.75, 3.05) is 32.2 Å². The molecule has 0 bridgehead atoms. The van der Waals surface area contributed by atoms with E-state index in [-0.39, 0.29) is 11.9 Å². The highest BCUT2D eigenvalue weighted by atomic mass is 16.5. The van der Waals surface area contributed by atoms with E-state index in [1.807, 2.05) is 18.2 Å². The number of nitrogens with one attached hydrogen (secondary N) is 2. The first-order valence-corrected chi connectivity index (χ1v) is 7.10. The van der Waals surface area contributed by atoms with Crippen molar-refractivity contribution in [3.05, 3.63) is 23.8 Å². The van der Waals surface area contributed by atoms with Crippen LogP contribution >= 0.6 is 0 Å². The molecule has 1 unspecified atom stereocenters. The molecule has 20 heavy (non-hydrogen) atoms. The van der Waals surface area contributed by atoms with Crippen LogP contribution in [-0.4, -0.2) is 32.8 Å². The molecule has 1 amide bonds. The van der Waals surface area contributed by atoms with Gasteiger partial charge in [-0.05, 0) is 31.9 Å². The van der Waals surface area contributed by atoms with Gasteiger partial charge in [0.15, 0.2) is 0 Å². The molecule has 1 aromatic carbocycles. The van der Waals surface area contributed by atoms with Crippen LogP contribution in [0.2, 0.25) is 0 Å². The molecule has 2 aliphatic rings. The van der Waals surface area contributed by atoms with Crippen LogP contribution in [0.4, 0.5) is 5.69 Å². The summed E-state index contributed by atoms with van der Waals surface area (Å²) in [5.41, 5.74) is 1.83. The van der Waals surface area contributed by atoms with E-state index in [1.165, 1.54) is 0 Å². The molecule has 108 valence electrons. The minimum absolute atomic E-state index is 0.0101. The molecule has 0 aliphatic carbocycles. The number of anilines is 1. The normalized spacial score (nSPS) is 22.4. The lowest BCUT2D eigenvalue weighted by atomic mass is 10.0. The molecule has 3 rings (SSSR count). The number of amides is 1. The molecule has 1 aromatic rings. The van der Waals surface area contributed by atoms with Gasteiger partial charge in [-0.25, -0.2) is 0 Å². The third-order valence-electron chi connectivity index (χ3n) is 3.97. The highest BCUT2D eigenvalue weighted by molar-refractivity contribution is 6.02. The zero-order valence-electron chi connectivity index (χ0n) is 11.6. The van der Waals surface area contributed by atoms with Crippen LogP contribution in [0.1, 0.15) is 24.4 Å². The van der Waals surface area contributed by atoms with Crippen molar-refractivity contribution in [2.24, 2.45) is 5.92 Å². The standard InChI is InChI=1S/C15H20N2O3/c1-16-14-12-3-2-11(8-13(12)17-15(14)18)20-9-10-4-6-19-7-5-10/h2-3,8,10,14,16H,4-7,9H2,1H3,(H,17,18). The zero-order valence-corrected chi connectivity index (χ0v) is 11.6. The maximum absolute atomic E-state index is 11.8. The van der Waals surface area contributed by atoms with Crippen LogP contribution in [0.5, 0.6) is 5.75 Å². The Balaban J connectivity index is 1.64. The van der Waals surface area contributed by atoms with Gasteiger partial charge in [0.2, 0.25) is 5.91 Å². The van der Waals surface area contributed by atoms with E-state index in [4.69, 9.17) is 9.47 Å². The number of likely N-dealkylation sites (N-methyl/N-ethyl adjacent to an activating group) is 1. The van der Waals surface area contributed by atoms with Crippen molar-refractivity contribution in [2.45, 2.75) is 18.9 Å². The van der Waals surface area contributed by atoms with Gasteiger partial charge in [-0.2, -0.15) is 0 Å². The Kier molecular flexibility index (Phi) is 3.89. The maximum atomic E-state index is 11.8. The van der Waals surface area contributed by atoms with Crippen molar-refractivity contribution in [3.63, 3.8) is 0 Å². The number of ether oxygens (including phenoxy) is 2. The summed E-state index contributed by atoms with van der Waals surface area (Å²) in [5, 5.41) is 5.88. The van der Waals surface area contributed by atoms with Crippen molar-refractivity contribution >= 4 is 11.6 Å². The topological polar surface area (TPSA) is 59.6 Å². The van der Waals surface area contributed by atoms with Gasteiger partial charge in [-0.15, -0.1) is 0 Å². The van der Waals surface area contributed by atoms with Crippen LogP contribution in [0, 0.1) is 5.92 Å². The average Bonchev–Trinajstić information content (AvgIpc) is 2.80. The van der Waals surface area contributed by atoms with Crippen LogP contribution in [0.3, 0.4) is 0 Å². The molecule has 2 aliphatic heterocycles. The van der Waals surface area contributed by atoms with E-state index >= 15 is 0 Å². The first-order valence-electron chi connectivity index (χ1n) is 7.10. The predicted octanol–water partition coefficient (Wildman–Crippen LogP) is 1.70. The summed E-state index contributed by atoms with van der Waals surface area (Å²) >= 11 is 0. The first kappa shape index (κ1) is 13.4. The second-order valence-electron chi connectivity index (χ2n) is 5.33. The molecule has 5 nitrogen and oxygen atoms in total. The van der Waals surface area contributed by atoms with Gasteiger partial charge < -0.3 is 20.1 Å². The Labute approximate surface area is 118 Å². The van der Waals surface area contributed by atoms with Crippen LogP contribution in [-0.2, 0) is 9.53 Å². The molecule has 2 N–H and O–H groups in total. The summed E-state index contributed by atoms with van der Waals surface area (Å²) in [6, 6.07) is 5.54. The second-order valence-corrected chi connectivity index (χ2v) is 5.33. The number of carbonyl (C=O) groups excluding carboxylic acids is 1.